The van der Waals surface area contributed by atoms with E-state index in [2.05, 4.69) is 15.8 Å². The second-order valence-corrected chi connectivity index (χ2v) is 5.98. The zero-order valence-electron chi connectivity index (χ0n) is 13.0. The molecule has 0 saturated heterocycles. The predicted octanol–water partition coefficient (Wildman–Crippen LogP) is 1.83. The summed E-state index contributed by atoms with van der Waals surface area (Å²) in [5, 5.41) is 19.6. The summed E-state index contributed by atoms with van der Waals surface area (Å²) in [6.07, 6.45) is 3.94. The SMILES string of the molecule is Cc1noc(C)c1CC(C)NC(=O)NC1CCCCC1O. The van der Waals surface area contributed by atoms with Crippen molar-refractivity contribution in [2.75, 3.05) is 0 Å². The fourth-order valence-corrected chi connectivity index (χ4v) is 2.86. The third-order valence-electron chi connectivity index (χ3n) is 4.11. The molecule has 1 fully saturated rings. The number of nitrogens with one attached hydrogen (secondary N) is 2. The highest BCUT2D eigenvalue weighted by Gasteiger charge is 2.25. The van der Waals surface area contributed by atoms with Crippen LogP contribution in [0.25, 0.3) is 0 Å². The summed E-state index contributed by atoms with van der Waals surface area (Å²) in [5.41, 5.74) is 1.91. The van der Waals surface area contributed by atoms with Gasteiger partial charge in [0.1, 0.15) is 5.76 Å². The largest absolute Gasteiger partial charge is 0.391 e. The molecular formula is C15H25N3O3. The van der Waals surface area contributed by atoms with Gasteiger partial charge in [0.05, 0.1) is 17.8 Å². The Balaban J connectivity index is 1.82. The van der Waals surface area contributed by atoms with Crippen molar-refractivity contribution >= 4 is 6.03 Å². The number of carbonyl (C=O) groups is 1. The number of rotatable bonds is 4. The van der Waals surface area contributed by atoms with E-state index in [1.54, 1.807) is 0 Å². The first kappa shape index (κ1) is 15.8. The van der Waals surface area contributed by atoms with Gasteiger partial charge in [0, 0.05) is 11.6 Å². The van der Waals surface area contributed by atoms with Crippen LogP contribution in [0.4, 0.5) is 4.79 Å². The molecule has 1 aromatic heterocycles. The van der Waals surface area contributed by atoms with Crippen LogP contribution < -0.4 is 10.6 Å². The van der Waals surface area contributed by atoms with E-state index >= 15 is 0 Å². The summed E-state index contributed by atoms with van der Waals surface area (Å²) in [5.74, 6) is 0.796. The van der Waals surface area contributed by atoms with E-state index in [9.17, 15) is 9.90 Å². The van der Waals surface area contributed by atoms with Crippen molar-refractivity contribution in [1.82, 2.24) is 15.8 Å². The summed E-state index contributed by atoms with van der Waals surface area (Å²) in [6, 6.07) is -0.382. The average molecular weight is 295 g/mol. The molecule has 2 amide bonds. The van der Waals surface area contributed by atoms with E-state index in [4.69, 9.17) is 4.52 Å². The van der Waals surface area contributed by atoms with Crippen LogP contribution in [0, 0.1) is 13.8 Å². The van der Waals surface area contributed by atoms with Crippen molar-refractivity contribution in [2.45, 2.75) is 71.1 Å². The number of aliphatic hydroxyl groups excluding tert-OH is 1. The minimum absolute atomic E-state index is 0.0254. The molecule has 118 valence electrons. The molecule has 0 bridgehead atoms. The quantitative estimate of drug-likeness (QED) is 0.790. The minimum atomic E-state index is -0.428. The van der Waals surface area contributed by atoms with Crippen molar-refractivity contribution in [2.24, 2.45) is 0 Å². The number of nitrogens with zero attached hydrogens (tertiary/aromatic N) is 1. The highest BCUT2D eigenvalue weighted by Crippen LogP contribution is 2.18. The zero-order valence-corrected chi connectivity index (χ0v) is 13.0. The van der Waals surface area contributed by atoms with Crippen LogP contribution >= 0.6 is 0 Å². The van der Waals surface area contributed by atoms with Crippen molar-refractivity contribution < 1.29 is 14.4 Å². The van der Waals surface area contributed by atoms with E-state index in [0.29, 0.717) is 6.42 Å². The highest BCUT2D eigenvalue weighted by atomic mass is 16.5. The lowest BCUT2D eigenvalue weighted by atomic mass is 9.93. The smallest absolute Gasteiger partial charge is 0.315 e. The van der Waals surface area contributed by atoms with Gasteiger partial charge in [0.25, 0.3) is 0 Å². The Hall–Kier alpha value is -1.56. The van der Waals surface area contributed by atoms with E-state index in [0.717, 1.165) is 42.7 Å². The van der Waals surface area contributed by atoms with Crippen LogP contribution in [0.3, 0.4) is 0 Å². The normalized spacial score (nSPS) is 23.6. The van der Waals surface area contributed by atoms with Gasteiger partial charge in [-0.2, -0.15) is 0 Å². The lowest BCUT2D eigenvalue weighted by molar-refractivity contribution is 0.0941. The fourth-order valence-electron chi connectivity index (χ4n) is 2.86. The Labute approximate surface area is 125 Å². The van der Waals surface area contributed by atoms with Crippen LogP contribution in [0.1, 0.15) is 49.6 Å². The van der Waals surface area contributed by atoms with Crippen LogP contribution in [0.2, 0.25) is 0 Å². The van der Waals surface area contributed by atoms with Gasteiger partial charge >= 0.3 is 6.03 Å². The molecule has 3 unspecified atom stereocenters. The number of hydrogen-bond acceptors (Lipinski definition) is 4. The highest BCUT2D eigenvalue weighted by molar-refractivity contribution is 5.74. The van der Waals surface area contributed by atoms with E-state index < -0.39 is 6.10 Å². The molecule has 0 aliphatic heterocycles. The predicted molar refractivity (Wildman–Crippen MR) is 79.1 cm³/mol. The Kier molecular flexibility index (Phi) is 5.22. The van der Waals surface area contributed by atoms with Crippen LogP contribution in [-0.4, -0.2) is 34.5 Å². The summed E-state index contributed by atoms with van der Waals surface area (Å²) in [7, 11) is 0. The van der Waals surface area contributed by atoms with Gasteiger partial charge in [0.2, 0.25) is 0 Å². The van der Waals surface area contributed by atoms with Gasteiger partial charge in [-0.15, -0.1) is 0 Å². The van der Waals surface area contributed by atoms with Crippen molar-refractivity contribution in [3.63, 3.8) is 0 Å². The molecule has 6 heteroatoms. The number of hydrogen-bond donors (Lipinski definition) is 3. The van der Waals surface area contributed by atoms with Crippen molar-refractivity contribution in [1.29, 1.82) is 0 Å². The second-order valence-electron chi connectivity index (χ2n) is 5.98. The average Bonchev–Trinajstić information content (AvgIpc) is 2.73. The van der Waals surface area contributed by atoms with Gasteiger partial charge in [0.15, 0.2) is 0 Å². The summed E-state index contributed by atoms with van der Waals surface area (Å²) < 4.78 is 5.13. The minimum Gasteiger partial charge on any atom is -0.391 e. The molecule has 3 N–H and O–H groups in total. The molecule has 0 aromatic carbocycles. The van der Waals surface area contributed by atoms with Gasteiger partial charge in [-0.3, -0.25) is 0 Å². The molecule has 1 aliphatic carbocycles. The third-order valence-corrected chi connectivity index (χ3v) is 4.11. The fraction of sp³-hybridized carbons (Fsp3) is 0.733. The van der Waals surface area contributed by atoms with Crippen LogP contribution in [0.5, 0.6) is 0 Å². The second kappa shape index (κ2) is 6.93. The molecule has 1 saturated carbocycles. The molecule has 0 spiro atoms. The lowest BCUT2D eigenvalue weighted by Gasteiger charge is -2.29. The molecule has 1 aromatic rings. The molecule has 3 atom stereocenters. The van der Waals surface area contributed by atoms with E-state index in [-0.39, 0.29) is 18.1 Å². The van der Waals surface area contributed by atoms with E-state index in [1.807, 2.05) is 20.8 Å². The summed E-state index contributed by atoms with van der Waals surface area (Å²) in [6.45, 7) is 5.72. The number of aryl methyl sites for hydroxylation is 2. The molecule has 0 radical (unpaired) electrons. The monoisotopic (exact) mass is 295 g/mol. The maximum atomic E-state index is 12.0. The molecule has 21 heavy (non-hydrogen) atoms. The first-order valence-electron chi connectivity index (χ1n) is 7.64. The molecule has 1 heterocycles. The molecule has 6 nitrogen and oxygen atoms in total. The maximum absolute atomic E-state index is 12.0. The Bertz CT molecular complexity index is 467. The Morgan fingerprint density at radius 1 is 1.43 bits per heavy atom. The maximum Gasteiger partial charge on any atom is 0.315 e. The number of aromatic nitrogens is 1. The van der Waals surface area contributed by atoms with Gasteiger partial charge in [-0.25, -0.2) is 4.79 Å². The number of carbonyl (C=O) groups excluding carboxylic acids is 1. The molecular weight excluding hydrogens is 270 g/mol. The first-order valence-corrected chi connectivity index (χ1v) is 7.64. The molecule has 2 rings (SSSR count). The van der Waals surface area contributed by atoms with Crippen LogP contribution in [0.15, 0.2) is 4.52 Å². The number of amides is 2. The zero-order chi connectivity index (χ0) is 15.4. The number of aliphatic hydroxyl groups is 1. The van der Waals surface area contributed by atoms with E-state index in [1.165, 1.54) is 0 Å². The van der Waals surface area contributed by atoms with Crippen LogP contribution in [-0.2, 0) is 6.42 Å². The summed E-state index contributed by atoms with van der Waals surface area (Å²) >= 11 is 0. The third kappa shape index (κ3) is 4.20. The Morgan fingerprint density at radius 2 is 2.14 bits per heavy atom. The Morgan fingerprint density at radius 3 is 2.76 bits per heavy atom. The lowest BCUT2D eigenvalue weighted by Crippen LogP contribution is -2.51. The van der Waals surface area contributed by atoms with Crippen molar-refractivity contribution in [3.8, 4) is 0 Å². The van der Waals surface area contributed by atoms with Crippen molar-refractivity contribution in [3.05, 3.63) is 17.0 Å². The first-order chi connectivity index (χ1) is 9.97. The van der Waals surface area contributed by atoms with Gasteiger partial charge in [-0.05, 0) is 40.0 Å². The van der Waals surface area contributed by atoms with Gasteiger partial charge < -0.3 is 20.3 Å². The summed E-state index contributed by atoms with van der Waals surface area (Å²) in [4.78, 5) is 12.0. The van der Waals surface area contributed by atoms with Gasteiger partial charge in [-0.1, -0.05) is 18.0 Å². The molecule has 1 aliphatic rings. The topological polar surface area (TPSA) is 87.4 Å². The number of urea groups is 1. The standard InChI is InChI=1S/C15H25N3O3/c1-9(8-12-10(2)18-21-11(12)3)16-15(20)17-13-6-4-5-7-14(13)19/h9,13-14,19H,4-8H2,1-3H3,(H2,16,17,20).